The molecule has 30 heteroatoms. The number of aryl methyl sites for hydroxylation is 2. The van der Waals surface area contributed by atoms with Crippen molar-refractivity contribution in [2.45, 2.75) is 63.3 Å². The summed E-state index contributed by atoms with van der Waals surface area (Å²) in [5.41, 5.74) is -27.9. The molecule has 0 atom stereocenters. The van der Waals surface area contributed by atoms with Crippen molar-refractivity contribution in [3.05, 3.63) is 207 Å². The van der Waals surface area contributed by atoms with Crippen LogP contribution in [0.2, 0.25) is 0 Å². The minimum absolute atomic E-state index is 0.221. The van der Waals surface area contributed by atoms with E-state index < -0.39 is 195 Å². The van der Waals surface area contributed by atoms with Gasteiger partial charge < -0.3 is 9.47 Å². The van der Waals surface area contributed by atoms with Gasteiger partial charge in [0.2, 0.25) is 0 Å². The molecule has 0 saturated carbocycles. The number of rotatable bonds is 10. The average molecular weight is 1370 g/mol. The minimum atomic E-state index is -6.13. The maximum absolute atomic E-state index is 14.2. The molecule has 8 aromatic rings. The number of alkyl halides is 24. The molecule has 0 aliphatic carbocycles. The van der Waals surface area contributed by atoms with Crippen molar-refractivity contribution >= 4 is 50.7 Å². The summed E-state index contributed by atoms with van der Waals surface area (Å²) in [7, 11) is 0. The summed E-state index contributed by atoms with van der Waals surface area (Å²) in [6, 6.07) is 15.9. The second-order valence-corrected chi connectivity index (χ2v) is 24.6. The molecule has 0 radical (unpaired) electrons. The highest BCUT2D eigenvalue weighted by Gasteiger charge is 2.47. The van der Waals surface area contributed by atoms with Crippen molar-refractivity contribution in [2.75, 3.05) is 0 Å². The summed E-state index contributed by atoms with van der Waals surface area (Å²) >= 11 is 3.26. The summed E-state index contributed by atoms with van der Waals surface area (Å²) in [5, 5.41) is 1.90. The van der Waals surface area contributed by atoms with Gasteiger partial charge in [0.1, 0.15) is 17.6 Å². The van der Waals surface area contributed by atoms with Crippen molar-refractivity contribution in [3.63, 3.8) is 0 Å². The molecule has 0 unspecified atom stereocenters. The molecule has 0 spiro atoms. The van der Waals surface area contributed by atoms with Gasteiger partial charge in [-0.25, -0.2) is 0 Å². The minimum Gasteiger partial charge on any atom is -0.446 e. The standard InChI is InChI=1S/C32H12BF24.C22H18IO2S2/c34-25(35,36)13-1-14(26(37,38)39)6-21(5-13)33(22-7-15(27(40,41)42)2-16(8-22)28(43,44)45,23-9-17(29(46,47)48)3-18(10-23)30(49,50)51)24-11-19(31(52,53)54)4-20(12-24)32(55,56)57;1-15-7-3-5-9-17(15)24-21-13-11-19(26-21)23-20-12-14-22(27-20)25-18-10-6-4-8-16(18)2/h1-12H;3-14H,1-2H3/q-1;+1. The third-order valence-electron chi connectivity index (χ3n) is 12.3. The SMILES string of the molecule is Cc1ccccc1Oc1ccc([I+]c2ccc(Oc3ccccc3C)s2)s1.FC(F)(F)c1cc([B-](c2cc(C(F)(F)F)cc(C(F)(F)F)c2)(c2cc(C(F)(F)F)cc(C(F)(F)F)c2)c2cc(C(F)(F)F)cc(C(F)(F)F)c2)cc(C(F)(F)F)c1. The van der Waals surface area contributed by atoms with E-state index in [1.54, 1.807) is 22.7 Å². The van der Waals surface area contributed by atoms with Gasteiger partial charge in [0.15, 0.2) is 10.1 Å². The molecule has 0 fully saturated rings. The van der Waals surface area contributed by atoms with E-state index in [4.69, 9.17) is 9.47 Å². The second kappa shape index (κ2) is 23.4. The molecule has 0 N–H and O–H groups in total. The number of hydrogen-bond donors (Lipinski definition) is 0. The van der Waals surface area contributed by atoms with Crippen LogP contribution in [-0.2, 0) is 49.4 Å². The maximum Gasteiger partial charge on any atom is 0.416 e. The molecular weight excluding hydrogens is 1340 g/mol. The van der Waals surface area contributed by atoms with E-state index >= 15 is 0 Å². The molecule has 2 aromatic heterocycles. The van der Waals surface area contributed by atoms with Crippen LogP contribution in [0.3, 0.4) is 0 Å². The number of thiophene rings is 2. The highest BCUT2D eigenvalue weighted by molar-refractivity contribution is 7.20. The first-order chi connectivity index (χ1) is 38.4. The van der Waals surface area contributed by atoms with Gasteiger partial charge in [-0.15, -0.1) is 0 Å². The first-order valence-corrected chi connectivity index (χ1v) is 26.9. The highest BCUT2D eigenvalue weighted by atomic mass is 127. The van der Waals surface area contributed by atoms with Gasteiger partial charge in [0.05, 0.1) is 44.5 Å². The third-order valence-corrected chi connectivity index (χ3v) is 18.0. The quantitative estimate of drug-likeness (QED) is 0.0772. The summed E-state index contributed by atoms with van der Waals surface area (Å²) < 4.78 is 356. The Bertz CT molecular complexity index is 3140. The van der Waals surface area contributed by atoms with Gasteiger partial charge in [0.25, 0.3) is 5.77 Å². The van der Waals surface area contributed by atoms with Crippen LogP contribution in [0.15, 0.2) is 146 Å². The predicted molar refractivity (Wildman–Crippen MR) is 259 cm³/mol. The fraction of sp³-hybridized carbons (Fsp3) is 0.185. The lowest BCUT2D eigenvalue weighted by molar-refractivity contribution is -0.585. The maximum atomic E-state index is 14.2. The monoisotopic (exact) mass is 1370 g/mol. The van der Waals surface area contributed by atoms with Crippen LogP contribution < -0.4 is 52.5 Å². The van der Waals surface area contributed by atoms with Gasteiger partial charge in [-0.2, -0.15) is 127 Å². The van der Waals surface area contributed by atoms with E-state index in [1.807, 2.05) is 36.4 Å². The lowest BCUT2D eigenvalue weighted by atomic mass is 9.12. The van der Waals surface area contributed by atoms with E-state index in [-0.39, 0.29) is 21.2 Å². The fourth-order valence-corrected chi connectivity index (χ4v) is 14.4. The molecular formula is C54H30BF24IO2S2. The van der Waals surface area contributed by atoms with Crippen molar-refractivity contribution in [3.8, 4) is 21.6 Å². The Morgan fingerprint density at radius 3 is 0.714 bits per heavy atom. The molecule has 6 aromatic carbocycles. The lowest BCUT2D eigenvalue weighted by Crippen LogP contribution is -3.61. The summed E-state index contributed by atoms with van der Waals surface area (Å²) in [6.45, 7) is 4.14. The molecule has 0 amide bonds. The second-order valence-electron chi connectivity index (χ2n) is 18.2. The van der Waals surface area contributed by atoms with Crippen LogP contribution in [0.4, 0.5) is 105 Å². The van der Waals surface area contributed by atoms with E-state index in [0.717, 1.165) is 32.8 Å². The van der Waals surface area contributed by atoms with Crippen molar-refractivity contribution in [2.24, 2.45) is 0 Å². The van der Waals surface area contributed by atoms with Crippen LogP contribution in [-0.4, -0.2) is 6.15 Å². The third kappa shape index (κ3) is 15.3. The van der Waals surface area contributed by atoms with Gasteiger partial charge in [-0.1, -0.05) is 108 Å². The Hall–Kier alpha value is -6.57. The Kier molecular flexibility index (Phi) is 18.1. The molecule has 8 rings (SSSR count). The van der Waals surface area contributed by atoms with E-state index in [0.29, 0.717) is 0 Å². The van der Waals surface area contributed by atoms with Crippen LogP contribution in [0, 0.1) is 19.6 Å². The zero-order chi connectivity index (χ0) is 62.6. The molecule has 0 aliphatic rings. The predicted octanol–water partition coefficient (Wildman–Crippen LogP) is 15.4. The van der Waals surface area contributed by atoms with Crippen LogP contribution in [0.5, 0.6) is 21.6 Å². The number of ether oxygens (including phenoxy) is 2. The molecule has 2 heterocycles. The van der Waals surface area contributed by atoms with Crippen molar-refractivity contribution < 1.29 is 136 Å². The summed E-state index contributed by atoms with van der Waals surface area (Å²) in [6.07, 6.45) is -54.8. The smallest absolute Gasteiger partial charge is 0.416 e. The Morgan fingerprint density at radius 2 is 0.512 bits per heavy atom. The highest BCUT2D eigenvalue weighted by Crippen LogP contribution is 2.42. The summed E-state index contributed by atoms with van der Waals surface area (Å²) in [5.74, 6) is 1.85. The van der Waals surface area contributed by atoms with Gasteiger partial charge in [-0.05, 0) is 73.5 Å². The molecule has 0 saturated heterocycles. The van der Waals surface area contributed by atoms with E-state index in [2.05, 4.69) is 50.2 Å². The number of benzene rings is 6. The molecule has 0 bridgehead atoms. The Morgan fingerprint density at radius 1 is 0.298 bits per heavy atom. The zero-order valence-electron chi connectivity index (χ0n) is 41.5. The molecule has 84 heavy (non-hydrogen) atoms. The van der Waals surface area contributed by atoms with Crippen LogP contribution in [0.1, 0.15) is 55.6 Å². The van der Waals surface area contributed by atoms with Crippen LogP contribution in [0.25, 0.3) is 0 Å². The number of halogens is 25. The van der Waals surface area contributed by atoms with Gasteiger partial charge in [0, 0.05) is 12.1 Å². The Labute approximate surface area is 476 Å². The van der Waals surface area contributed by atoms with Crippen molar-refractivity contribution in [1.29, 1.82) is 0 Å². The fourth-order valence-electron chi connectivity index (χ4n) is 8.53. The van der Waals surface area contributed by atoms with Gasteiger partial charge in [-0.3, -0.25) is 0 Å². The largest absolute Gasteiger partial charge is 0.446 e. The van der Waals surface area contributed by atoms with Crippen molar-refractivity contribution in [1.82, 2.24) is 0 Å². The summed E-state index contributed by atoms with van der Waals surface area (Å²) in [4.78, 5) is 0. The normalized spacial score (nSPS) is 13.2. The molecule has 2 nitrogen and oxygen atoms in total. The molecule has 0 aliphatic heterocycles. The van der Waals surface area contributed by atoms with E-state index in [9.17, 15) is 105 Å². The average Bonchev–Trinajstić information content (AvgIpc) is 1.43. The zero-order valence-corrected chi connectivity index (χ0v) is 45.3. The first kappa shape index (κ1) is 65.0. The first-order valence-electron chi connectivity index (χ1n) is 23.1. The van der Waals surface area contributed by atoms with Gasteiger partial charge >= 0.3 is 70.6 Å². The number of para-hydroxylation sites is 2. The van der Waals surface area contributed by atoms with E-state index in [1.165, 1.54) is 5.77 Å². The van der Waals surface area contributed by atoms with Crippen LogP contribution >= 0.6 is 22.7 Å². The Balaban J connectivity index is 0.000000309. The number of hydrogen-bond acceptors (Lipinski definition) is 4. The topological polar surface area (TPSA) is 18.5 Å². The molecule has 448 valence electrons. The lowest BCUT2D eigenvalue weighted by Gasteiger charge is -2.46.